The summed E-state index contributed by atoms with van der Waals surface area (Å²) in [5.41, 5.74) is 0.927. The first-order chi connectivity index (χ1) is 8.86. The molecule has 1 atom stereocenters. The van der Waals surface area contributed by atoms with Gasteiger partial charge in [-0.1, -0.05) is 6.92 Å². The van der Waals surface area contributed by atoms with Gasteiger partial charge in [-0.25, -0.2) is 0 Å². The van der Waals surface area contributed by atoms with Crippen molar-refractivity contribution in [3.63, 3.8) is 0 Å². The third-order valence-electron chi connectivity index (χ3n) is 2.82. The standard InChI is InChI=1S/C14H20Br2N2O.ClH/c1-5-14(19)18(10(2)9-17(3)4)11-6-7-12(15)13(16)8-11;/h6-8,10H,5,9H2,1-4H3;1H. The minimum absolute atomic E-state index is 0. The molecule has 114 valence electrons. The lowest BCUT2D eigenvalue weighted by atomic mass is 10.2. The maximum Gasteiger partial charge on any atom is 0.226 e. The number of halogens is 3. The molecule has 1 rings (SSSR count). The van der Waals surface area contributed by atoms with Gasteiger partial charge in [0.2, 0.25) is 5.91 Å². The molecule has 1 unspecified atom stereocenters. The molecule has 0 aromatic heterocycles. The van der Waals surface area contributed by atoms with Crippen LogP contribution in [0, 0.1) is 0 Å². The van der Waals surface area contributed by atoms with Crippen molar-refractivity contribution in [2.75, 3.05) is 25.5 Å². The number of hydrogen-bond donors (Lipinski definition) is 0. The van der Waals surface area contributed by atoms with Crippen LogP contribution in [0.2, 0.25) is 0 Å². The topological polar surface area (TPSA) is 23.6 Å². The van der Waals surface area contributed by atoms with Crippen molar-refractivity contribution in [3.8, 4) is 0 Å². The molecule has 3 nitrogen and oxygen atoms in total. The van der Waals surface area contributed by atoms with E-state index in [0.717, 1.165) is 21.2 Å². The summed E-state index contributed by atoms with van der Waals surface area (Å²) in [4.78, 5) is 16.2. The lowest BCUT2D eigenvalue weighted by Gasteiger charge is -2.31. The van der Waals surface area contributed by atoms with E-state index in [9.17, 15) is 4.79 Å². The first kappa shape index (κ1) is 19.9. The van der Waals surface area contributed by atoms with Crippen molar-refractivity contribution in [2.24, 2.45) is 0 Å². The van der Waals surface area contributed by atoms with E-state index in [0.29, 0.717) is 6.42 Å². The second-order valence-electron chi connectivity index (χ2n) is 4.83. The minimum atomic E-state index is 0. The summed E-state index contributed by atoms with van der Waals surface area (Å²) in [5.74, 6) is 0.142. The predicted molar refractivity (Wildman–Crippen MR) is 94.9 cm³/mol. The number of hydrogen-bond acceptors (Lipinski definition) is 2. The number of carbonyl (C=O) groups excluding carboxylic acids is 1. The van der Waals surface area contributed by atoms with Crippen LogP contribution < -0.4 is 4.90 Å². The van der Waals surface area contributed by atoms with Gasteiger partial charge in [0.1, 0.15) is 0 Å². The van der Waals surface area contributed by atoms with E-state index < -0.39 is 0 Å². The van der Waals surface area contributed by atoms with Crippen LogP contribution in [0.4, 0.5) is 5.69 Å². The summed E-state index contributed by atoms with van der Waals surface area (Å²) >= 11 is 6.94. The molecule has 0 aliphatic heterocycles. The highest BCUT2D eigenvalue weighted by atomic mass is 79.9. The van der Waals surface area contributed by atoms with Crippen molar-refractivity contribution in [3.05, 3.63) is 27.1 Å². The maximum atomic E-state index is 12.2. The molecule has 0 saturated heterocycles. The van der Waals surface area contributed by atoms with Crippen LogP contribution in [-0.2, 0) is 4.79 Å². The van der Waals surface area contributed by atoms with Crippen molar-refractivity contribution in [1.29, 1.82) is 0 Å². The van der Waals surface area contributed by atoms with Gasteiger partial charge in [0.05, 0.1) is 0 Å². The van der Waals surface area contributed by atoms with E-state index in [-0.39, 0.29) is 24.4 Å². The van der Waals surface area contributed by atoms with Crippen LogP contribution >= 0.6 is 44.3 Å². The molecule has 1 amide bonds. The van der Waals surface area contributed by atoms with Crippen molar-refractivity contribution in [2.45, 2.75) is 26.3 Å². The summed E-state index contributed by atoms with van der Waals surface area (Å²) in [6.07, 6.45) is 0.505. The van der Waals surface area contributed by atoms with Crippen LogP contribution in [0.5, 0.6) is 0 Å². The highest BCUT2D eigenvalue weighted by Gasteiger charge is 2.21. The molecule has 0 fully saturated rings. The normalized spacial score (nSPS) is 11.9. The second kappa shape index (κ2) is 9.03. The smallest absolute Gasteiger partial charge is 0.226 e. The fourth-order valence-corrected chi connectivity index (χ4v) is 2.67. The average molecular weight is 429 g/mol. The van der Waals surface area contributed by atoms with Gasteiger partial charge in [0, 0.05) is 33.6 Å². The number of benzene rings is 1. The third-order valence-corrected chi connectivity index (χ3v) is 4.70. The zero-order valence-corrected chi connectivity index (χ0v) is 16.2. The van der Waals surface area contributed by atoms with E-state index >= 15 is 0 Å². The molecule has 1 aromatic carbocycles. The first-order valence-electron chi connectivity index (χ1n) is 6.28. The summed E-state index contributed by atoms with van der Waals surface area (Å²) < 4.78 is 1.94. The monoisotopic (exact) mass is 426 g/mol. The SMILES string of the molecule is CCC(=O)N(c1ccc(Br)c(Br)c1)C(C)CN(C)C.Cl. The molecule has 0 radical (unpaired) electrons. The lowest BCUT2D eigenvalue weighted by Crippen LogP contribution is -2.43. The molecule has 1 aromatic rings. The summed E-state index contributed by atoms with van der Waals surface area (Å²) in [6, 6.07) is 6.03. The Labute approximate surface area is 144 Å². The Kier molecular flexibility index (Phi) is 8.98. The highest BCUT2D eigenvalue weighted by molar-refractivity contribution is 9.13. The van der Waals surface area contributed by atoms with Gasteiger partial charge >= 0.3 is 0 Å². The van der Waals surface area contributed by atoms with Crippen LogP contribution in [-0.4, -0.2) is 37.5 Å². The zero-order chi connectivity index (χ0) is 14.6. The molecule has 0 saturated carbocycles. The van der Waals surface area contributed by atoms with E-state index in [1.54, 1.807) is 0 Å². The molecule has 0 aliphatic rings. The molecule has 6 heteroatoms. The zero-order valence-electron chi connectivity index (χ0n) is 12.2. The Morgan fingerprint density at radius 1 is 1.25 bits per heavy atom. The Hall–Kier alpha value is -0.100. The molecule has 0 heterocycles. The van der Waals surface area contributed by atoms with Crippen LogP contribution in [0.1, 0.15) is 20.3 Å². The first-order valence-corrected chi connectivity index (χ1v) is 7.87. The van der Waals surface area contributed by atoms with Crippen LogP contribution in [0.25, 0.3) is 0 Å². The number of rotatable bonds is 5. The molecule has 0 spiro atoms. The van der Waals surface area contributed by atoms with E-state index in [4.69, 9.17) is 0 Å². The van der Waals surface area contributed by atoms with Gasteiger partial charge in [0.25, 0.3) is 0 Å². The predicted octanol–water partition coefficient (Wildman–Crippen LogP) is 4.33. The number of nitrogens with zero attached hydrogens (tertiary/aromatic N) is 2. The molecular weight excluding hydrogens is 407 g/mol. The van der Waals surface area contributed by atoms with Gasteiger partial charge in [-0.15, -0.1) is 12.4 Å². The third kappa shape index (κ3) is 5.35. The fraction of sp³-hybridized carbons (Fsp3) is 0.500. The molecule has 20 heavy (non-hydrogen) atoms. The Morgan fingerprint density at radius 2 is 1.85 bits per heavy atom. The molecule has 0 aliphatic carbocycles. The Morgan fingerprint density at radius 3 is 2.30 bits per heavy atom. The van der Waals surface area contributed by atoms with Gasteiger partial charge in [-0.3, -0.25) is 4.79 Å². The van der Waals surface area contributed by atoms with Crippen molar-refractivity contribution in [1.82, 2.24) is 4.90 Å². The quantitative estimate of drug-likeness (QED) is 0.697. The van der Waals surface area contributed by atoms with Crippen LogP contribution in [0.3, 0.4) is 0 Å². The van der Waals surface area contributed by atoms with E-state index in [2.05, 4.69) is 43.7 Å². The summed E-state index contributed by atoms with van der Waals surface area (Å²) in [6.45, 7) is 4.80. The lowest BCUT2D eigenvalue weighted by molar-refractivity contribution is -0.118. The van der Waals surface area contributed by atoms with Gasteiger partial charge in [-0.05, 0) is 71.1 Å². The van der Waals surface area contributed by atoms with Gasteiger partial charge in [0.15, 0.2) is 0 Å². The second-order valence-corrected chi connectivity index (χ2v) is 6.54. The number of likely N-dealkylation sites (N-methyl/N-ethyl adjacent to an activating group) is 1. The van der Waals surface area contributed by atoms with Crippen LogP contribution in [0.15, 0.2) is 27.1 Å². The number of carbonyl (C=O) groups is 1. The molecule has 0 bridgehead atoms. The van der Waals surface area contributed by atoms with Gasteiger partial charge in [-0.2, -0.15) is 0 Å². The van der Waals surface area contributed by atoms with E-state index in [1.165, 1.54) is 0 Å². The number of amides is 1. The van der Waals surface area contributed by atoms with Crippen molar-refractivity contribution < 1.29 is 4.79 Å². The van der Waals surface area contributed by atoms with Gasteiger partial charge < -0.3 is 9.80 Å². The largest absolute Gasteiger partial charge is 0.308 e. The molecule has 0 N–H and O–H groups in total. The minimum Gasteiger partial charge on any atom is -0.308 e. The number of anilines is 1. The fourth-order valence-electron chi connectivity index (χ4n) is 2.06. The summed E-state index contributed by atoms with van der Waals surface area (Å²) in [7, 11) is 4.03. The van der Waals surface area contributed by atoms with Crippen molar-refractivity contribution >= 4 is 55.9 Å². The average Bonchev–Trinajstić information content (AvgIpc) is 2.32. The highest BCUT2D eigenvalue weighted by Crippen LogP contribution is 2.29. The Bertz CT molecular complexity index is 455. The molecular formula is C14H21Br2ClN2O. The summed E-state index contributed by atoms with van der Waals surface area (Å²) in [5, 5.41) is 0. The maximum absolute atomic E-state index is 12.2. The Balaban J connectivity index is 0.00000361. The van der Waals surface area contributed by atoms with E-state index in [1.807, 2.05) is 44.1 Å².